The van der Waals surface area contributed by atoms with Crippen molar-refractivity contribution in [2.45, 2.75) is 19.5 Å². The van der Waals surface area contributed by atoms with Gasteiger partial charge in [-0.25, -0.2) is 0 Å². The molecule has 0 saturated carbocycles. The lowest BCUT2D eigenvalue weighted by Gasteiger charge is -2.25. The van der Waals surface area contributed by atoms with Crippen LogP contribution in [-0.2, 0) is 13.6 Å². The van der Waals surface area contributed by atoms with Crippen molar-refractivity contribution in [1.82, 2.24) is 0 Å². The molecule has 1 rings (SSSR count). The van der Waals surface area contributed by atoms with E-state index in [0.29, 0.717) is 5.56 Å². The van der Waals surface area contributed by atoms with E-state index in [1.54, 1.807) is 38.1 Å². The van der Waals surface area contributed by atoms with Gasteiger partial charge >= 0.3 is 7.60 Å². The van der Waals surface area contributed by atoms with Crippen molar-refractivity contribution in [3.05, 3.63) is 35.9 Å². The highest BCUT2D eigenvalue weighted by Gasteiger charge is 2.40. The van der Waals surface area contributed by atoms with Crippen LogP contribution in [0.4, 0.5) is 0 Å². The van der Waals surface area contributed by atoms with Crippen molar-refractivity contribution in [2.24, 2.45) is 5.16 Å². The third-order valence-electron chi connectivity index (χ3n) is 2.37. The van der Waals surface area contributed by atoms with E-state index in [1.165, 1.54) is 0 Å². The van der Waals surface area contributed by atoms with Crippen molar-refractivity contribution in [3.8, 4) is 0 Å². The fraction of sp³-hybridized carbons (Fsp3) is 0.417. The summed E-state index contributed by atoms with van der Waals surface area (Å²) in [5.41, 5.74) is -0.323. The number of hydrogen-bond donors (Lipinski definition) is 1. The largest absolute Gasteiger partial charge is 0.410 e. The van der Waals surface area contributed by atoms with Crippen LogP contribution in [0.2, 0.25) is 0 Å². The van der Waals surface area contributed by atoms with E-state index < -0.39 is 13.3 Å². The molecule has 7 heteroatoms. The molecule has 0 aliphatic rings. The van der Waals surface area contributed by atoms with E-state index in [0.717, 1.165) is 0 Å². The fourth-order valence-electron chi connectivity index (χ4n) is 1.69. The van der Waals surface area contributed by atoms with Crippen molar-refractivity contribution < 1.29 is 18.8 Å². The van der Waals surface area contributed by atoms with Crippen molar-refractivity contribution in [3.63, 3.8) is 0 Å². The molecule has 1 unspecified atom stereocenters. The molecule has 0 aliphatic carbocycles. The van der Waals surface area contributed by atoms with Crippen molar-refractivity contribution >= 4 is 24.4 Å². The quantitative estimate of drug-likeness (QED) is 0.357. The molecule has 1 N–H and O–H groups in total. The number of hydrogen-bond acceptors (Lipinski definition) is 5. The molecule has 5 nitrogen and oxygen atoms in total. The topological polar surface area (TPSA) is 68.1 Å². The Morgan fingerprint density at radius 2 is 1.84 bits per heavy atom. The summed E-state index contributed by atoms with van der Waals surface area (Å²) in [4.78, 5) is 0. The molecule has 0 spiro atoms. The second-order valence-electron chi connectivity index (χ2n) is 3.61. The number of benzene rings is 1. The summed E-state index contributed by atoms with van der Waals surface area (Å²) >= 11 is 5.89. The summed E-state index contributed by atoms with van der Waals surface area (Å²) in [7, 11) is -3.55. The Kier molecular flexibility index (Phi) is 6.52. The van der Waals surface area contributed by atoms with Gasteiger partial charge in [0.1, 0.15) is 5.66 Å². The van der Waals surface area contributed by atoms with Gasteiger partial charge in [-0.05, 0) is 19.4 Å². The van der Waals surface area contributed by atoms with E-state index in [9.17, 15) is 4.57 Å². The molecule has 0 amide bonds. The van der Waals surface area contributed by atoms with Gasteiger partial charge in [-0.1, -0.05) is 47.1 Å². The molecule has 1 aromatic carbocycles. The van der Waals surface area contributed by atoms with Crippen LogP contribution in [0.1, 0.15) is 25.1 Å². The fourth-order valence-corrected chi connectivity index (χ4v) is 4.11. The van der Waals surface area contributed by atoms with Gasteiger partial charge in [0, 0.05) is 0 Å². The Morgan fingerprint density at radius 3 is 2.26 bits per heavy atom. The highest BCUT2D eigenvalue weighted by molar-refractivity contribution is 7.55. The van der Waals surface area contributed by atoms with E-state index in [2.05, 4.69) is 5.16 Å². The van der Waals surface area contributed by atoms with Gasteiger partial charge in [0.2, 0.25) is 0 Å². The number of nitrogens with zero attached hydrogens (tertiary/aromatic N) is 1. The SMILES string of the molecule is CCOP(=O)(OCC)C(/C(Cl)=N/O)c1ccccc1. The molecular formula is C12H17ClNO4P. The normalized spacial score (nSPS) is 14.4. The van der Waals surface area contributed by atoms with Gasteiger partial charge in [0.15, 0.2) is 5.17 Å². The summed E-state index contributed by atoms with van der Waals surface area (Å²) in [5, 5.41) is 11.6. The van der Waals surface area contributed by atoms with Crippen LogP contribution in [0.25, 0.3) is 0 Å². The third kappa shape index (κ3) is 4.05. The van der Waals surface area contributed by atoms with Crippen LogP contribution in [0.15, 0.2) is 35.5 Å². The van der Waals surface area contributed by atoms with E-state index in [-0.39, 0.29) is 18.4 Å². The average molecular weight is 306 g/mol. The van der Waals surface area contributed by atoms with Gasteiger partial charge in [-0.2, -0.15) is 0 Å². The lowest BCUT2D eigenvalue weighted by atomic mass is 10.2. The standard InChI is InChI=1S/C12H17ClNO4P/c1-3-17-19(16,18-4-2)11(12(13)14-15)10-8-6-5-7-9-10/h5-9,11,15H,3-4H2,1-2H3/b14-12-. The summed E-state index contributed by atoms with van der Waals surface area (Å²) in [6.45, 7) is 3.82. The highest BCUT2D eigenvalue weighted by Crippen LogP contribution is 2.61. The Balaban J connectivity index is 3.26. The van der Waals surface area contributed by atoms with Crippen molar-refractivity contribution in [1.29, 1.82) is 0 Å². The molecule has 0 fully saturated rings. The van der Waals surface area contributed by atoms with Gasteiger partial charge in [0.25, 0.3) is 0 Å². The minimum Gasteiger partial charge on any atom is -0.410 e. The molecule has 0 aliphatic heterocycles. The second-order valence-corrected chi connectivity index (χ2v) is 6.11. The average Bonchev–Trinajstić information content (AvgIpc) is 2.40. The first-order valence-corrected chi connectivity index (χ1v) is 7.89. The predicted molar refractivity (Wildman–Crippen MR) is 75.1 cm³/mol. The minimum atomic E-state index is -3.55. The zero-order chi connectivity index (χ0) is 14.3. The number of halogens is 1. The summed E-state index contributed by atoms with van der Waals surface area (Å²) < 4.78 is 23.3. The monoisotopic (exact) mass is 305 g/mol. The first-order chi connectivity index (χ1) is 9.09. The van der Waals surface area contributed by atoms with E-state index in [4.69, 9.17) is 25.9 Å². The van der Waals surface area contributed by atoms with Crippen LogP contribution in [0.5, 0.6) is 0 Å². The molecule has 19 heavy (non-hydrogen) atoms. The van der Waals surface area contributed by atoms with E-state index in [1.807, 2.05) is 6.07 Å². The van der Waals surface area contributed by atoms with Gasteiger partial charge < -0.3 is 14.3 Å². The molecule has 0 heterocycles. The lowest BCUT2D eigenvalue weighted by molar-refractivity contribution is 0.216. The third-order valence-corrected chi connectivity index (χ3v) is 5.23. The first kappa shape index (κ1) is 16.2. The predicted octanol–water partition coefficient (Wildman–Crippen LogP) is 4.02. The molecule has 106 valence electrons. The molecular weight excluding hydrogens is 289 g/mol. The zero-order valence-electron chi connectivity index (χ0n) is 10.8. The Morgan fingerprint density at radius 1 is 1.32 bits per heavy atom. The molecule has 0 saturated heterocycles. The number of oxime groups is 1. The maximum atomic E-state index is 12.8. The zero-order valence-corrected chi connectivity index (χ0v) is 12.5. The second kappa shape index (κ2) is 7.65. The van der Waals surface area contributed by atoms with E-state index >= 15 is 0 Å². The van der Waals surface area contributed by atoms with Crippen LogP contribution in [0, 0.1) is 0 Å². The van der Waals surface area contributed by atoms with Gasteiger partial charge in [-0.3, -0.25) is 4.57 Å². The minimum absolute atomic E-state index is 0.205. The van der Waals surface area contributed by atoms with Gasteiger partial charge in [-0.15, -0.1) is 0 Å². The Labute approximate surface area is 117 Å². The first-order valence-electron chi connectivity index (χ1n) is 5.90. The maximum Gasteiger partial charge on any atom is 0.345 e. The lowest BCUT2D eigenvalue weighted by Crippen LogP contribution is -2.12. The number of rotatable bonds is 7. The molecule has 0 aromatic heterocycles. The smallest absolute Gasteiger partial charge is 0.345 e. The summed E-state index contributed by atoms with van der Waals surface area (Å²) in [6, 6.07) is 8.81. The maximum absolute atomic E-state index is 12.8. The van der Waals surface area contributed by atoms with Crippen molar-refractivity contribution in [2.75, 3.05) is 13.2 Å². The highest BCUT2D eigenvalue weighted by atomic mass is 35.5. The van der Waals surface area contributed by atoms with Gasteiger partial charge in [0.05, 0.1) is 13.2 Å². The summed E-state index contributed by atoms with van der Waals surface area (Å²) in [5.74, 6) is 0. The molecule has 1 atom stereocenters. The Bertz CT molecular complexity index is 456. The molecule has 1 aromatic rings. The van der Waals surface area contributed by atoms with Crippen LogP contribution in [0.3, 0.4) is 0 Å². The van der Waals surface area contributed by atoms with Crippen LogP contribution in [-0.4, -0.2) is 23.6 Å². The molecule has 0 bridgehead atoms. The van der Waals surface area contributed by atoms with Crippen LogP contribution < -0.4 is 0 Å². The Hall–Kier alpha value is -0.870. The van der Waals surface area contributed by atoms with Crippen LogP contribution >= 0.6 is 19.2 Å². The summed E-state index contributed by atoms with van der Waals surface area (Å²) in [6.07, 6.45) is 0. The molecule has 0 radical (unpaired) electrons.